The van der Waals surface area contributed by atoms with E-state index in [0.29, 0.717) is 17.6 Å². The van der Waals surface area contributed by atoms with Gasteiger partial charge in [0.25, 0.3) is 0 Å². The molecule has 1 N–H and O–H groups in total. The second-order valence-corrected chi connectivity index (χ2v) is 8.62. The quantitative estimate of drug-likeness (QED) is 0.103. The number of carbonyl (C=O) groups is 2. The molecule has 0 unspecified atom stereocenters. The molecule has 0 fully saturated rings. The van der Waals surface area contributed by atoms with Gasteiger partial charge in [-0.15, -0.1) is 0 Å². The highest BCUT2D eigenvalue weighted by Gasteiger charge is 2.15. The van der Waals surface area contributed by atoms with Crippen molar-refractivity contribution >= 4 is 11.9 Å². The van der Waals surface area contributed by atoms with Gasteiger partial charge in [0.1, 0.15) is 0 Å². The van der Waals surface area contributed by atoms with Crippen molar-refractivity contribution in [3.05, 3.63) is 47.7 Å². The Morgan fingerprint density at radius 2 is 1.25 bits per heavy atom. The van der Waals surface area contributed by atoms with E-state index in [2.05, 4.69) is 12.2 Å². The topological polar surface area (TPSA) is 55.4 Å². The summed E-state index contributed by atoms with van der Waals surface area (Å²) in [7, 11) is 0. The second kappa shape index (κ2) is 19.6. The van der Waals surface area contributed by atoms with Crippen LogP contribution >= 0.6 is 0 Å². The number of unbranched alkanes of at least 4 members (excludes halogenated alkanes) is 13. The predicted molar refractivity (Wildman–Crippen MR) is 134 cm³/mol. The van der Waals surface area contributed by atoms with Crippen LogP contribution < -0.4 is 5.32 Å². The summed E-state index contributed by atoms with van der Waals surface area (Å²) in [6.45, 7) is 4.99. The zero-order valence-corrected chi connectivity index (χ0v) is 20.5. The Morgan fingerprint density at radius 1 is 0.750 bits per heavy atom. The molecule has 1 aromatic carbocycles. The smallest absolute Gasteiger partial charge is 0.346 e. The highest BCUT2D eigenvalue weighted by molar-refractivity contribution is 6.02. The van der Waals surface area contributed by atoms with E-state index in [4.69, 9.17) is 4.74 Å². The third-order valence-corrected chi connectivity index (χ3v) is 5.79. The van der Waals surface area contributed by atoms with Crippen LogP contribution in [0.5, 0.6) is 0 Å². The average molecular weight is 444 g/mol. The molecule has 0 radical (unpaired) electrons. The number of esters is 2. The molecule has 0 aliphatic carbocycles. The molecule has 0 aliphatic rings. The molecule has 4 nitrogen and oxygen atoms in total. The normalized spacial score (nSPS) is 11.4. The van der Waals surface area contributed by atoms with Gasteiger partial charge in [0, 0.05) is 12.7 Å². The molecule has 32 heavy (non-hydrogen) atoms. The molecular weight excluding hydrogens is 398 g/mol. The summed E-state index contributed by atoms with van der Waals surface area (Å²) in [5.41, 5.74) is 0.867. The molecule has 0 spiro atoms. The number of benzene rings is 1. The predicted octanol–water partition coefficient (Wildman–Crippen LogP) is 7.73. The lowest BCUT2D eigenvalue weighted by atomic mass is 10.0. The van der Waals surface area contributed by atoms with Crippen LogP contribution in [0.2, 0.25) is 0 Å². The fraction of sp³-hybridized carbons (Fsp3) is 0.643. The van der Waals surface area contributed by atoms with Gasteiger partial charge in [-0.05, 0) is 25.0 Å². The first-order chi connectivity index (χ1) is 15.7. The first-order valence-electron chi connectivity index (χ1n) is 12.9. The van der Waals surface area contributed by atoms with Crippen LogP contribution in [0.4, 0.5) is 0 Å². The number of rotatable bonds is 19. The van der Waals surface area contributed by atoms with Crippen molar-refractivity contribution in [3.63, 3.8) is 0 Å². The molecule has 0 heterocycles. The van der Waals surface area contributed by atoms with Gasteiger partial charge in [0.05, 0.1) is 11.1 Å². The van der Waals surface area contributed by atoms with E-state index in [1.54, 1.807) is 30.5 Å². The summed E-state index contributed by atoms with van der Waals surface area (Å²) < 4.78 is 4.98. The van der Waals surface area contributed by atoms with Crippen LogP contribution in [0.1, 0.15) is 121 Å². The Balaban J connectivity index is 2.01. The third kappa shape index (κ3) is 14.1. The molecule has 0 saturated carbocycles. The van der Waals surface area contributed by atoms with Crippen LogP contribution in [-0.2, 0) is 9.53 Å². The number of hydrogen-bond acceptors (Lipinski definition) is 4. The molecule has 0 aromatic heterocycles. The Hall–Kier alpha value is -2.10. The molecule has 0 bridgehead atoms. The SMILES string of the molecule is CCCCCCCCCCCCCCCCNC=C(CC)C(=O)OC(=O)c1ccccc1. The second-order valence-electron chi connectivity index (χ2n) is 8.62. The average Bonchev–Trinajstić information content (AvgIpc) is 2.81. The van der Waals surface area contributed by atoms with Crippen LogP contribution in [0.15, 0.2) is 42.1 Å². The van der Waals surface area contributed by atoms with Gasteiger partial charge >= 0.3 is 11.9 Å². The molecule has 0 saturated heterocycles. The van der Waals surface area contributed by atoms with Crippen molar-refractivity contribution in [3.8, 4) is 0 Å². The molecule has 0 aliphatic heterocycles. The monoisotopic (exact) mass is 443 g/mol. The van der Waals surface area contributed by atoms with E-state index in [-0.39, 0.29) is 0 Å². The van der Waals surface area contributed by atoms with Gasteiger partial charge in [-0.3, -0.25) is 0 Å². The Bertz CT molecular complexity index is 639. The maximum absolute atomic E-state index is 12.2. The van der Waals surface area contributed by atoms with Gasteiger partial charge in [0.2, 0.25) is 0 Å². The fourth-order valence-electron chi connectivity index (χ4n) is 3.71. The Morgan fingerprint density at radius 3 is 1.75 bits per heavy atom. The minimum atomic E-state index is -0.609. The number of nitrogens with one attached hydrogen (secondary N) is 1. The van der Waals surface area contributed by atoms with E-state index in [0.717, 1.165) is 13.0 Å². The standard InChI is InChI=1S/C28H45NO3/c1-3-5-6-7-8-9-10-11-12-13-14-15-16-20-23-29-24-25(4-2)27(30)32-28(31)26-21-18-17-19-22-26/h17-19,21-22,24,29H,3-16,20,23H2,1-2H3. The summed E-state index contributed by atoms with van der Waals surface area (Å²) in [5, 5.41) is 3.20. The number of hydrogen-bond donors (Lipinski definition) is 1. The first kappa shape index (κ1) is 27.9. The number of carbonyl (C=O) groups excluding carboxylic acids is 2. The molecule has 1 rings (SSSR count). The molecular formula is C28H45NO3. The lowest BCUT2D eigenvalue weighted by Gasteiger charge is -2.07. The third-order valence-electron chi connectivity index (χ3n) is 5.79. The van der Waals surface area contributed by atoms with Crippen molar-refractivity contribution in [1.82, 2.24) is 5.32 Å². The highest BCUT2D eigenvalue weighted by atomic mass is 16.6. The van der Waals surface area contributed by atoms with Gasteiger partial charge in [-0.25, -0.2) is 9.59 Å². The fourth-order valence-corrected chi connectivity index (χ4v) is 3.71. The maximum atomic E-state index is 12.2. The van der Waals surface area contributed by atoms with Crippen LogP contribution in [0, 0.1) is 0 Å². The number of ether oxygens (including phenoxy) is 1. The highest BCUT2D eigenvalue weighted by Crippen LogP contribution is 2.13. The Labute approximate surface area is 196 Å². The minimum Gasteiger partial charge on any atom is -0.390 e. The lowest BCUT2D eigenvalue weighted by molar-refractivity contribution is -0.133. The largest absolute Gasteiger partial charge is 0.390 e. The van der Waals surface area contributed by atoms with Crippen molar-refractivity contribution in [2.75, 3.05) is 6.54 Å². The molecule has 180 valence electrons. The van der Waals surface area contributed by atoms with Crippen molar-refractivity contribution in [1.29, 1.82) is 0 Å². The van der Waals surface area contributed by atoms with Crippen LogP contribution in [0.3, 0.4) is 0 Å². The summed E-state index contributed by atoms with van der Waals surface area (Å²) in [6.07, 6.45) is 21.0. The Kier molecular flexibility index (Phi) is 17.1. The van der Waals surface area contributed by atoms with E-state index in [1.807, 2.05) is 13.0 Å². The first-order valence-corrected chi connectivity index (χ1v) is 12.9. The summed E-state index contributed by atoms with van der Waals surface area (Å²) >= 11 is 0. The lowest BCUT2D eigenvalue weighted by Crippen LogP contribution is -2.17. The summed E-state index contributed by atoms with van der Waals surface area (Å²) in [5.74, 6) is -1.18. The van der Waals surface area contributed by atoms with E-state index in [1.165, 1.54) is 83.5 Å². The van der Waals surface area contributed by atoms with Crippen molar-refractivity contribution < 1.29 is 14.3 Å². The molecule has 0 amide bonds. The van der Waals surface area contributed by atoms with E-state index in [9.17, 15) is 9.59 Å². The molecule has 1 aromatic rings. The molecule has 0 atom stereocenters. The van der Waals surface area contributed by atoms with Gasteiger partial charge in [-0.1, -0.05) is 116 Å². The van der Waals surface area contributed by atoms with E-state index < -0.39 is 11.9 Å². The maximum Gasteiger partial charge on any atom is 0.346 e. The zero-order valence-electron chi connectivity index (χ0n) is 20.5. The van der Waals surface area contributed by atoms with E-state index >= 15 is 0 Å². The van der Waals surface area contributed by atoms with Gasteiger partial charge in [-0.2, -0.15) is 0 Å². The van der Waals surface area contributed by atoms with Gasteiger partial charge < -0.3 is 10.1 Å². The van der Waals surface area contributed by atoms with Crippen molar-refractivity contribution in [2.45, 2.75) is 110 Å². The minimum absolute atomic E-state index is 0.381. The zero-order chi connectivity index (χ0) is 23.3. The van der Waals surface area contributed by atoms with Crippen molar-refractivity contribution in [2.24, 2.45) is 0 Å². The summed E-state index contributed by atoms with van der Waals surface area (Å²) in [6, 6.07) is 8.58. The van der Waals surface area contributed by atoms with Crippen LogP contribution in [0.25, 0.3) is 0 Å². The van der Waals surface area contributed by atoms with Crippen LogP contribution in [-0.4, -0.2) is 18.5 Å². The summed E-state index contributed by atoms with van der Waals surface area (Å²) in [4.78, 5) is 24.2. The molecule has 4 heteroatoms. The van der Waals surface area contributed by atoms with Gasteiger partial charge in [0.15, 0.2) is 0 Å².